The van der Waals surface area contributed by atoms with Crippen molar-refractivity contribution in [2.45, 2.75) is 6.42 Å². The molecule has 2 aromatic heterocycles. The Balaban J connectivity index is 2.33. The molecule has 2 heterocycles. The topological polar surface area (TPSA) is 45.8 Å². The van der Waals surface area contributed by atoms with Gasteiger partial charge >= 0.3 is 5.69 Å². The van der Waals surface area contributed by atoms with E-state index in [0.717, 1.165) is 15.7 Å². The van der Waals surface area contributed by atoms with Gasteiger partial charge in [-0.2, -0.15) is 4.98 Å². The van der Waals surface area contributed by atoms with Gasteiger partial charge in [-0.25, -0.2) is 4.79 Å². The normalized spacial score (nSPS) is 10.4. The van der Waals surface area contributed by atoms with E-state index in [4.69, 9.17) is 0 Å². The lowest BCUT2D eigenvalue weighted by molar-refractivity contribution is 0.970. The molecule has 0 amide bonds. The van der Waals surface area contributed by atoms with E-state index >= 15 is 0 Å². The monoisotopic (exact) mass is 318 g/mol. The van der Waals surface area contributed by atoms with Crippen molar-refractivity contribution >= 4 is 33.9 Å². The van der Waals surface area contributed by atoms with E-state index in [2.05, 4.69) is 32.6 Å². The average molecular weight is 318 g/mol. The van der Waals surface area contributed by atoms with Crippen molar-refractivity contribution in [3.63, 3.8) is 0 Å². The van der Waals surface area contributed by atoms with Crippen LogP contribution in [0.25, 0.3) is 0 Å². The van der Waals surface area contributed by atoms with Crippen molar-refractivity contribution < 1.29 is 0 Å². The second-order valence-corrected chi connectivity index (χ2v) is 4.95. The minimum absolute atomic E-state index is 0.281. The number of hydrogen-bond acceptors (Lipinski definition) is 3. The van der Waals surface area contributed by atoms with Gasteiger partial charge in [0.25, 0.3) is 0 Å². The molecule has 0 fully saturated rings. The van der Waals surface area contributed by atoms with Gasteiger partial charge in [-0.15, -0.1) is 11.3 Å². The molecule has 0 radical (unpaired) electrons. The third-order valence-electron chi connectivity index (χ3n) is 1.76. The Labute approximate surface area is 98.4 Å². The van der Waals surface area contributed by atoms with E-state index in [9.17, 15) is 4.79 Å². The zero-order valence-electron chi connectivity index (χ0n) is 7.16. The van der Waals surface area contributed by atoms with Gasteiger partial charge in [-0.3, -0.25) is 0 Å². The fourth-order valence-corrected chi connectivity index (χ4v) is 2.29. The molecule has 3 nitrogen and oxygen atoms in total. The van der Waals surface area contributed by atoms with Gasteiger partial charge in [-0.1, -0.05) is 6.07 Å². The Kier molecular flexibility index (Phi) is 2.97. The van der Waals surface area contributed by atoms with Crippen molar-refractivity contribution in [3.8, 4) is 0 Å². The van der Waals surface area contributed by atoms with Crippen molar-refractivity contribution in [2.24, 2.45) is 0 Å². The Morgan fingerprint density at radius 3 is 3.14 bits per heavy atom. The van der Waals surface area contributed by atoms with Crippen LogP contribution >= 0.6 is 33.9 Å². The number of halogens is 1. The van der Waals surface area contributed by atoms with E-state index in [0.29, 0.717) is 0 Å². The molecule has 0 bridgehead atoms. The third-order valence-corrected chi connectivity index (χ3v) is 3.57. The summed E-state index contributed by atoms with van der Waals surface area (Å²) < 4.78 is 0.996. The molecule has 72 valence electrons. The smallest absolute Gasteiger partial charge is 0.312 e. The van der Waals surface area contributed by atoms with Crippen molar-refractivity contribution in [2.75, 3.05) is 0 Å². The molecule has 0 aliphatic heterocycles. The van der Waals surface area contributed by atoms with E-state index in [-0.39, 0.29) is 5.69 Å². The quantitative estimate of drug-likeness (QED) is 0.861. The van der Waals surface area contributed by atoms with Gasteiger partial charge in [-0.05, 0) is 34.0 Å². The highest BCUT2D eigenvalue weighted by Crippen LogP contribution is 2.15. The van der Waals surface area contributed by atoms with Crippen LogP contribution in [0.4, 0.5) is 0 Å². The summed E-state index contributed by atoms with van der Waals surface area (Å²) in [5.74, 6) is 0. The van der Waals surface area contributed by atoms with E-state index in [1.807, 2.05) is 17.5 Å². The molecular formula is C9H7IN2OS. The van der Waals surface area contributed by atoms with Crippen LogP contribution in [-0.2, 0) is 6.42 Å². The average Bonchev–Trinajstić information content (AvgIpc) is 2.64. The predicted molar refractivity (Wildman–Crippen MR) is 64.7 cm³/mol. The first-order chi connectivity index (χ1) is 6.75. The molecule has 2 rings (SSSR count). The zero-order valence-corrected chi connectivity index (χ0v) is 10.1. The highest BCUT2D eigenvalue weighted by molar-refractivity contribution is 14.1. The van der Waals surface area contributed by atoms with Crippen LogP contribution in [-0.4, -0.2) is 9.97 Å². The summed E-state index contributed by atoms with van der Waals surface area (Å²) in [6.07, 6.45) is 2.43. The number of aromatic nitrogens is 2. The maximum absolute atomic E-state index is 11.0. The number of aromatic amines is 1. The molecular weight excluding hydrogens is 311 g/mol. The number of nitrogens with one attached hydrogen (secondary N) is 1. The SMILES string of the molecule is O=c1nc(Cc2cccs2)c(I)c[nH]1. The summed E-state index contributed by atoms with van der Waals surface area (Å²) in [6.45, 7) is 0. The Bertz CT molecular complexity index is 478. The minimum atomic E-state index is -0.281. The highest BCUT2D eigenvalue weighted by atomic mass is 127. The zero-order chi connectivity index (χ0) is 9.97. The third kappa shape index (κ3) is 2.21. The van der Waals surface area contributed by atoms with Crippen LogP contribution in [0.3, 0.4) is 0 Å². The van der Waals surface area contributed by atoms with E-state index in [1.165, 1.54) is 4.88 Å². The largest absolute Gasteiger partial charge is 0.345 e. The van der Waals surface area contributed by atoms with Crippen LogP contribution < -0.4 is 5.69 Å². The first-order valence-electron chi connectivity index (χ1n) is 4.02. The van der Waals surface area contributed by atoms with E-state index < -0.39 is 0 Å². The molecule has 5 heteroatoms. The van der Waals surface area contributed by atoms with Gasteiger partial charge in [0.15, 0.2) is 0 Å². The van der Waals surface area contributed by atoms with Crippen LogP contribution in [0.5, 0.6) is 0 Å². The van der Waals surface area contributed by atoms with Crippen molar-refractivity contribution in [3.05, 3.63) is 48.3 Å². The molecule has 0 atom stereocenters. The molecule has 0 aliphatic rings. The van der Waals surface area contributed by atoms with E-state index in [1.54, 1.807) is 17.5 Å². The lowest BCUT2D eigenvalue weighted by atomic mass is 10.2. The standard InChI is InChI=1S/C9H7IN2OS/c10-7-5-11-9(13)12-8(7)4-6-2-1-3-14-6/h1-3,5H,4H2,(H,11,12,13). The summed E-state index contributed by atoms with van der Waals surface area (Å²) in [5, 5.41) is 2.02. The van der Waals surface area contributed by atoms with Crippen LogP contribution in [0.2, 0.25) is 0 Å². The summed E-state index contributed by atoms with van der Waals surface area (Å²) in [7, 11) is 0. The van der Waals surface area contributed by atoms with Crippen LogP contribution in [0, 0.1) is 3.57 Å². The second kappa shape index (κ2) is 4.22. The van der Waals surface area contributed by atoms with Gasteiger partial charge in [0.05, 0.1) is 9.26 Å². The summed E-state index contributed by atoms with van der Waals surface area (Å²) in [4.78, 5) is 18.7. The molecule has 0 aromatic carbocycles. The number of nitrogens with zero attached hydrogens (tertiary/aromatic N) is 1. The van der Waals surface area contributed by atoms with Crippen LogP contribution in [0.15, 0.2) is 28.5 Å². The Morgan fingerprint density at radius 2 is 2.43 bits per heavy atom. The summed E-state index contributed by atoms with van der Waals surface area (Å²) >= 11 is 3.85. The Hall–Kier alpha value is -0.690. The number of hydrogen-bond donors (Lipinski definition) is 1. The molecule has 0 aliphatic carbocycles. The van der Waals surface area contributed by atoms with Gasteiger partial charge in [0.1, 0.15) is 0 Å². The van der Waals surface area contributed by atoms with Crippen LogP contribution in [0.1, 0.15) is 10.6 Å². The van der Waals surface area contributed by atoms with Crippen molar-refractivity contribution in [1.29, 1.82) is 0 Å². The molecule has 1 N–H and O–H groups in total. The maximum atomic E-state index is 11.0. The summed E-state index contributed by atoms with van der Waals surface area (Å²) in [5.41, 5.74) is 0.564. The maximum Gasteiger partial charge on any atom is 0.345 e. The highest BCUT2D eigenvalue weighted by Gasteiger charge is 2.04. The lowest BCUT2D eigenvalue weighted by Gasteiger charge is -1.99. The molecule has 14 heavy (non-hydrogen) atoms. The first kappa shape index (κ1) is 9.85. The first-order valence-corrected chi connectivity index (χ1v) is 5.98. The minimum Gasteiger partial charge on any atom is -0.312 e. The molecule has 0 spiro atoms. The summed E-state index contributed by atoms with van der Waals surface area (Å²) in [6, 6.07) is 4.05. The van der Waals surface area contributed by atoms with Gasteiger partial charge in [0.2, 0.25) is 0 Å². The molecule has 0 unspecified atom stereocenters. The fraction of sp³-hybridized carbons (Fsp3) is 0.111. The van der Waals surface area contributed by atoms with Crippen molar-refractivity contribution in [1.82, 2.24) is 9.97 Å². The number of thiophene rings is 1. The predicted octanol–water partition coefficient (Wildman–Crippen LogP) is 2.03. The van der Waals surface area contributed by atoms with Gasteiger partial charge < -0.3 is 4.98 Å². The van der Waals surface area contributed by atoms with Gasteiger partial charge in [0, 0.05) is 17.5 Å². The Morgan fingerprint density at radius 1 is 1.57 bits per heavy atom. The lowest BCUT2D eigenvalue weighted by Crippen LogP contribution is -2.13. The fourth-order valence-electron chi connectivity index (χ4n) is 1.12. The second-order valence-electron chi connectivity index (χ2n) is 2.76. The molecule has 0 saturated carbocycles. The number of rotatable bonds is 2. The molecule has 2 aromatic rings. The molecule has 0 saturated heterocycles. The number of H-pyrrole nitrogens is 1.